The van der Waals surface area contributed by atoms with Crippen molar-refractivity contribution in [2.24, 2.45) is 0 Å². The Hall–Kier alpha value is -1.56. The van der Waals surface area contributed by atoms with Crippen LogP contribution in [-0.4, -0.2) is 35.2 Å². The number of carbonyl (C=O) groups is 2. The minimum Gasteiger partial charge on any atom is -0.480 e. The number of hydrogen-bond donors (Lipinski definition) is 1. The summed E-state index contributed by atoms with van der Waals surface area (Å²) in [5, 5.41) is 10.5. The van der Waals surface area contributed by atoms with E-state index in [1.165, 1.54) is 16.2 Å². The van der Waals surface area contributed by atoms with Crippen molar-refractivity contribution < 1.29 is 19.4 Å². The van der Waals surface area contributed by atoms with Crippen molar-refractivity contribution in [1.82, 2.24) is 4.90 Å². The fourth-order valence-electron chi connectivity index (χ4n) is 1.49. The van der Waals surface area contributed by atoms with Crippen molar-refractivity contribution in [1.29, 1.82) is 0 Å². The Kier molecular flexibility index (Phi) is 2.59. The minimum absolute atomic E-state index is 0.229. The summed E-state index contributed by atoms with van der Waals surface area (Å²) in [4.78, 5) is 24.0. The van der Waals surface area contributed by atoms with Crippen LogP contribution in [0.5, 0.6) is 0 Å². The lowest BCUT2D eigenvalue weighted by Gasteiger charge is -2.17. The second kappa shape index (κ2) is 3.90. The van der Waals surface area contributed by atoms with E-state index in [2.05, 4.69) is 0 Å². The summed E-state index contributed by atoms with van der Waals surface area (Å²) in [6, 6.07) is 3.47. The van der Waals surface area contributed by atoms with Crippen molar-refractivity contribution in [3.63, 3.8) is 0 Å². The third-order valence-corrected chi connectivity index (χ3v) is 3.13. The number of nitrogens with zero attached hydrogens (tertiary/aromatic N) is 1. The minimum atomic E-state index is -1.03. The van der Waals surface area contributed by atoms with Gasteiger partial charge >= 0.3 is 12.1 Å². The van der Waals surface area contributed by atoms with E-state index < -0.39 is 12.1 Å². The number of ether oxygens (including phenoxy) is 1. The van der Waals surface area contributed by atoms with Crippen molar-refractivity contribution in [2.75, 3.05) is 13.2 Å². The van der Waals surface area contributed by atoms with Gasteiger partial charge in [0, 0.05) is 4.88 Å². The van der Waals surface area contributed by atoms with Gasteiger partial charge in [0.1, 0.15) is 19.2 Å². The Morgan fingerprint density at radius 1 is 1.73 bits per heavy atom. The Balaban J connectivity index is 2.18. The molecular weight excluding hydrogens is 218 g/mol. The summed E-state index contributed by atoms with van der Waals surface area (Å²) in [6.07, 6.45) is -0.559. The summed E-state index contributed by atoms with van der Waals surface area (Å²) >= 11 is 1.49. The number of rotatable bonds is 3. The zero-order valence-electron chi connectivity index (χ0n) is 7.75. The number of carboxylic acid groups (broad SMARTS) is 1. The molecule has 1 N–H and O–H groups in total. The maximum absolute atomic E-state index is 11.3. The number of thiophene rings is 1. The molecule has 2 heterocycles. The van der Waals surface area contributed by atoms with Gasteiger partial charge in [-0.3, -0.25) is 9.69 Å². The third-order valence-electron chi connectivity index (χ3n) is 2.15. The number of cyclic esters (lactones) is 1. The molecule has 1 aromatic rings. The van der Waals surface area contributed by atoms with E-state index in [9.17, 15) is 9.59 Å². The molecule has 1 atom stereocenters. The number of carbonyl (C=O) groups excluding carboxylic acids is 1. The SMILES string of the molecule is O=C(O)CN1C(=O)OC[C@H]1c1cccs1. The van der Waals surface area contributed by atoms with Gasteiger partial charge in [-0.15, -0.1) is 11.3 Å². The van der Waals surface area contributed by atoms with Crippen LogP contribution in [0.15, 0.2) is 17.5 Å². The maximum Gasteiger partial charge on any atom is 0.411 e. The molecule has 0 unspecified atom stereocenters. The van der Waals surface area contributed by atoms with E-state index in [4.69, 9.17) is 9.84 Å². The van der Waals surface area contributed by atoms with Crippen LogP contribution >= 0.6 is 11.3 Å². The van der Waals surface area contributed by atoms with Crippen LogP contribution in [0.4, 0.5) is 4.79 Å². The van der Waals surface area contributed by atoms with Crippen LogP contribution in [-0.2, 0) is 9.53 Å². The van der Waals surface area contributed by atoms with Gasteiger partial charge in [0.25, 0.3) is 0 Å². The van der Waals surface area contributed by atoms with Crippen molar-refractivity contribution in [3.05, 3.63) is 22.4 Å². The molecule has 15 heavy (non-hydrogen) atoms. The predicted octanol–water partition coefficient (Wildman–Crippen LogP) is 1.33. The fraction of sp³-hybridized carbons (Fsp3) is 0.333. The second-order valence-electron chi connectivity index (χ2n) is 3.13. The summed E-state index contributed by atoms with van der Waals surface area (Å²) in [5.74, 6) is -1.03. The van der Waals surface area contributed by atoms with Gasteiger partial charge in [-0.05, 0) is 11.4 Å². The monoisotopic (exact) mass is 227 g/mol. The number of hydrogen-bond acceptors (Lipinski definition) is 4. The molecule has 0 aliphatic carbocycles. The lowest BCUT2D eigenvalue weighted by atomic mass is 10.2. The van der Waals surface area contributed by atoms with Crippen molar-refractivity contribution >= 4 is 23.4 Å². The Labute approximate surface area is 89.9 Å². The quantitative estimate of drug-likeness (QED) is 0.845. The summed E-state index contributed by atoms with van der Waals surface area (Å²) < 4.78 is 4.83. The molecule has 5 nitrogen and oxygen atoms in total. The highest BCUT2D eigenvalue weighted by Crippen LogP contribution is 2.30. The Bertz CT molecular complexity index is 375. The smallest absolute Gasteiger partial charge is 0.411 e. The molecule has 80 valence electrons. The molecule has 1 amide bonds. The predicted molar refractivity (Wildman–Crippen MR) is 52.7 cm³/mol. The van der Waals surface area contributed by atoms with Gasteiger partial charge < -0.3 is 9.84 Å². The van der Waals surface area contributed by atoms with Crippen molar-refractivity contribution in [3.8, 4) is 0 Å². The molecule has 0 saturated carbocycles. The lowest BCUT2D eigenvalue weighted by Crippen LogP contribution is -2.32. The molecule has 1 aliphatic rings. The van der Waals surface area contributed by atoms with Crippen molar-refractivity contribution in [2.45, 2.75) is 6.04 Å². The van der Waals surface area contributed by atoms with Crippen LogP contribution in [0.2, 0.25) is 0 Å². The standard InChI is InChI=1S/C9H9NO4S/c11-8(12)4-10-6(5-14-9(10)13)7-2-1-3-15-7/h1-3,6H,4-5H2,(H,11,12)/t6-/m0/s1. The van der Waals surface area contributed by atoms with E-state index in [1.807, 2.05) is 17.5 Å². The highest BCUT2D eigenvalue weighted by molar-refractivity contribution is 7.10. The molecule has 0 bridgehead atoms. The van der Waals surface area contributed by atoms with Crippen LogP contribution in [0.1, 0.15) is 10.9 Å². The van der Waals surface area contributed by atoms with Gasteiger partial charge in [0.15, 0.2) is 0 Å². The molecule has 2 rings (SSSR count). The van der Waals surface area contributed by atoms with Gasteiger partial charge in [-0.25, -0.2) is 4.79 Å². The van der Waals surface area contributed by atoms with Crippen LogP contribution < -0.4 is 0 Å². The highest BCUT2D eigenvalue weighted by Gasteiger charge is 2.35. The molecule has 1 fully saturated rings. The fourth-order valence-corrected chi connectivity index (χ4v) is 2.31. The zero-order chi connectivity index (χ0) is 10.8. The topological polar surface area (TPSA) is 66.8 Å². The first-order chi connectivity index (χ1) is 7.18. The molecule has 0 aromatic carbocycles. The molecule has 0 radical (unpaired) electrons. The molecule has 0 spiro atoms. The van der Waals surface area contributed by atoms with Gasteiger partial charge in [-0.1, -0.05) is 6.07 Å². The Morgan fingerprint density at radius 3 is 3.13 bits per heavy atom. The first kappa shape index (κ1) is 9.97. The van der Waals surface area contributed by atoms with E-state index >= 15 is 0 Å². The largest absolute Gasteiger partial charge is 0.480 e. The molecule has 1 saturated heterocycles. The first-order valence-electron chi connectivity index (χ1n) is 4.37. The van der Waals surface area contributed by atoms with E-state index in [-0.39, 0.29) is 19.2 Å². The van der Waals surface area contributed by atoms with Gasteiger partial charge in [0.05, 0.1) is 0 Å². The average Bonchev–Trinajstić information content (AvgIpc) is 2.76. The Morgan fingerprint density at radius 2 is 2.53 bits per heavy atom. The highest BCUT2D eigenvalue weighted by atomic mass is 32.1. The summed E-state index contributed by atoms with van der Waals surface area (Å²) in [7, 11) is 0. The summed E-state index contributed by atoms with van der Waals surface area (Å²) in [5.41, 5.74) is 0. The molecule has 1 aliphatic heterocycles. The normalized spacial score (nSPS) is 20.4. The van der Waals surface area contributed by atoms with Crippen LogP contribution in [0.25, 0.3) is 0 Å². The number of aliphatic carboxylic acids is 1. The molecule has 6 heteroatoms. The summed E-state index contributed by atoms with van der Waals surface area (Å²) in [6.45, 7) is -0.0893. The number of carboxylic acids is 1. The lowest BCUT2D eigenvalue weighted by molar-refractivity contribution is -0.137. The molecule has 1 aromatic heterocycles. The van der Waals surface area contributed by atoms with E-state index in [0.717, 1.165) is 4.88 Å². The zero-order valence-corrected chi connectivity index (χ0v) is 8.57. The average molecular weight is 227 g/mol. The van der Waals surface area contributed by atoms with Crippen LogP contribution in [0, 0.1) is 0 Å². The first-order valence-corrected chi connectivity index (χ1v) is 5.25. The third kappa shape index (κ3) is 1.94. The van der Waals surface area contributed by atoms with E-state index in [1.54, 1.807) is 0 Å². The second-order valence-corrected chi connectivity index (χ2v) is 4.11. The van der Waals surface area contributed by atoms with Gasteiger partial charge in [0.2, 0.25) is 0 Å². The van der Waals surface area contributed by atoms with Crippen LogP contribution in [0.3, 0.4) is 0 Å². The maximum atomic E-state index is 11.3. The van der Waals surface area contributed by atoms with E-state index in [0.29, 0.717) is 0 Å². The number of amides is 1. The van der Waals surface area contributed by atoms with Gasteiger partial charge in [-0.2, -0.15) is 0 Å². The molecular formula is C9H9NO4S.